The first-order valence-corrected chi connectivity index (χ1v) is 11.0. The number of sulfonamides is 1. The Hall–Kier alpha value is -2.03. The second-order valence-electron chi connectivity index (χ2n) is 7.13. The average Bonchev–Trinajstić information content (AvgIpc) is 3.02. The number of fused-ring (bicyclic) bond motifs is 1. The number of hydrogen-bond donors (Lipinski definition) is 0. The normalized spacial score (nSPS) is 17.9. The molecule has 28 heavy (non-hydrogen) atoms. The van der Waals surface area contributed by atoms with E-state index in [0.29, 0.717) is 36.8 Å². The molecule has 150 valence electrons. The lowest BCUT2D eigenvalue weighted by Crippen LogP contribution is -2.35. The van der Waals surface area contributed by atoms with Crippen LogP contribution in [0.25, 0.3) is 5.57 Å². The van der Waals surface area contributed by atoms with Gasteiger partial charge in [-0.2, -0.15) is 9.40 Å². The highest BCUT2D eigenvalue weighted by Crippen LogP contribution is 2.40. The number of ether oxygens (including phenoxy) is 1. The summed E-state index contributed by atoms with van der Waals surface area (Å²) in [5.74, 6) is 0.815. The van der Waals surface area contributed by atoms with E-state index in [1.807, 2.05) is 25.3 Å². The molecule has 0 fully saturated rings. The van der Waals surface area contributed by atoms with Crippen molar-refractivity contribution in [3.05, 3.63) is 40.7 Å². The molecule has 3 heterocycles. The number of halogens is 1. The van der Waals surface area contributed by atoms with Crippen molar-refractivity contribution in [2.45, 2.75) is 18.2 Å². The van der Waals surface area contributed by atoms with Crippen LogP contribution in [-0.2, 0) is 17.1 Å². The van der Waals surface area contributed by atoms with Crippen LogP contribution in [-0.4, -0.2) is 55.8 Å². The van der Waals surface area contributed by atoms with E-state index in [9.17, 15) is 8.42 Å². The molecule has 0 atom stereocenters. The van der Waals surface area contributed by atoms with Gasteiger partial charge in [0.15, 0.2) is 0 Å². The minimum absolute atomic E-state index is 0.259. The van der Waals surface area contributed by atoms with Gasteiger partial charge in [-0.25, -0.2) is 8.42 Å². The van der Waals surface area contributed by atoms with Crippen LogP contribution in [0.15, 0.2) is 29.3 Å². The molecule has 2 aliphatic heterocycles. The van der Waals surface area contributed by atoms with Crippen molar-refractivity contribution in [2.24, 2.45) is 7.05 Å². The minimum atomic E-state index is -3.57. The third kappa shape index (κ3) is 3.19. The smallest absolute Gasteiger partial charge is 0.246 e. The van der Waals surface area contributed by atoms with E-state index in [4.69, 9.17) is 16.3 Å². The van der Waals surface area contributed by atoms with E-state index in [0.717, 1.165) is 29.1 Å². The summed E-state index contributed by atoms with van der Waals surface area (Å²) in [5, 5.41) is 4.71. The molecule has 0 N–H and O–H groups in total. The molecule has 0 saturated carbocycles. The highest BCUT2D eigenvalue weighted by molar-refractivity contribution is 7.89. The number of hydrogen-bond acceptors (Lipinski definition) is 5. The van der Waals surface area contributed by atoms with Crippen LogP contribution in [0.2, 0.25) is 5.02 Å². The Morgan fingerprint density at radius 1 is 1.21 bits per heavy atom. The van der Waals surface area contributed by atoms with Gasteiger partial charge >= 0.3 is 0 Å². The molecule has 1 aromatic carbocycles. The van der Waals surface area contributed by atoms with Crippen molar-refractivity contribution in [1.82, 2.24) is 14.1 Å². The van der Waals surface area contributed by atoms with Crippen molar-refractivity contribution in [1.29, 1.82) is 0 Å². The lowest BCUT2D eigenvalue weighted by Gasteiger charge is -2.30. The molecule has 0 amide bonds. The summed E-state index contributed by atoms with van der Waals surface area (Å²) in [6, 6.07) is 3.89. The van der Waals surface area contributed by atoms with Crippen LogP contribution in [0.3, 0.4) is 0 Å². The molecule has 9 heteroatoms. The van der Waals surface area contributed by atoms with Gasteiger partial charge in [-0.05, 0) is 36.6 Å². The molecule has 1 aromatic heterocycles. The maximum Gasteiger partial charge on any atom is 0.246 e. The SMILES string of the molecule is Cc1c(S(=O)(=O)N2CC=C(c3cc4c(cc3Cl)N(C)CCO4)CC2)cnn1C. The first-order chi connectivity index (χ1) is 13.3. The van der Waals surface area contributed by atoms with Crippen LogP contribution >= 0.6 is 11.6 Å². The predicted octanol–water partition coefficient (Wildman–Crippen LogP) is 2.69. The molecular formula is C19H23ClN4O3S. The maximum atomic E-state index is 13.0. The zero-order chi connectivity index (χ0) is 20.1. The minimum Gasteiger partial charge on any atom is -0.490 e. The van der Waals surface area contributed by atoms with Gasteiger partial charge in [0.25, 0.3) is 0 Å². The Morgan fingerprint density at radius 2 is 2.00 bits per heavy atom. The van der Waals surface area contributed by atoms with Crippen LogP contribution in [0, 0.1) is 6.92 Å². The van der Waals surface area contributed by atoms with Crippen LogP contribution in [0.4, 0.5) is 5.69 Å². The van der Waals surface area contributed by atoms with E-state index in [1.54, 1.807) is 18.7 Å². The zero-order valence-corrected chi connectivity index (χ0v) is 17.7. The molecule has 0 bridgehead atoms. The first-order valence-electron chi connectivity index (χ1n) is 9.14. The number of likely N-dealkylation sites (N-methyl/N-ethyl adjacent to an activating group) is 1. The number of aromatic nitrogens is 2. The van der Waals surface area contributed by atoms with Gasteiger partial charge in [-0.3, -0.25) is 4.68 Å². The van der Waals surface area contributed by atoms with Gasteiger partial charge in [-0.1, -0.05) is 17.7 Å². The number of nitrogens with zero attached hydrogens (tertiary/aromatic N) is 4. The maximum absolute atomic E-state index is 13.0. The Balaban J connectivity index is 1.60. The van der Waals surface area contributed by atoms with Crippen molar-refractivity contribution in [3.63, 3.8) is 0 Å². The number of benzene rings is 1. The molecule has 0 saturated heterocycles. The van der Waals surface area contributed by atoms with Crippen molar-refractivity contribution >= 4 is 32.9 Å². The fourth-order valence-corrected chi connectivity index (χ4v) is 5.45. The highest BCUT2D eigenvalue weighted by atomic mass is 35.5. The zero-order valence-electron chi connectivity index (χ0n) is 16.1. The molecule has 2 aliphatic rings. The Labute approximate surface area is 170 Å². The first kappa shape index (κ1) is 19.3. The van der Waals surface area contributed by atoms with Crippen molar-refractivity contribution < 1.29 is 13.2 Å². The van der Waals surface area contributed by atoms with Crippen LogP contribution in [0.5, 0.6) is 5.75 Å². The van der Waals surface area contributed by atoms with E-state index < -0.39 is 10.0 Å². The molecule has 0 unspecified atom stereocenters. The Bertz CT molecular complexity index is 1060. The quantitative estimate of drug-likeness (QED) is 0.760. The topological polar surface area (TPSA) is 67.7 Å². The van der Waals surface area contributed by atoms with Gasteiger partial charge in [0.05, 0.1) is 29.1 Å². The molecular weight excluding hydrogens is 400 g/mol. The Kier molecular flexibility index (Phi) is 4.89. The van der Waals surface area contributed by atoms with Gasteiger partial charge in [0.2, 0.25) is 10.0 Å². The lowest BCUT2D eigenvalue weighted by atomic mass is 9.99. The van der Waals surface area contributed by atoms with Gasteiger partial charge in [-0.15, -0.1) is 0 Å². The van der Waals surface area contributed by atoms with E-state index in [-0.39, 0.29) is 4.90 Å². The molecule has 2 aromatic rings. The van der Waals surface area contributed by atoms with E-state index >= 15 is 0 Å². The van der Waals surface area contributed by atoms with E-state index in [2.05, 4.69) is 10.00 Å². The summed E-state index contributed by atoms with van der Waals surface area (Å²) in [4.78, 5) is 2.38. The molecule has 0 spiro atoms. The van der Waals surface area contributed by atoms with Crippen LogP contribution < -0.4 is 9.64 Å². The second kappa shape index (κ2) is 7.09. The van der Waals surface area contributed by atoms with Gasteiger partial charge in [0, 0.05) is 27.2 Å². The average molecular weight is 423 g/mol. The predicted molar refractivity (Wildman–Crippen MR) is 110 cm³/mol. The summed E-state index contributed by atoms with van der Waals surface area (Å²) >= 11 is 6.54. The molecule has 4 rings (SSSR count). The monoisotopic (exact) mass is 422 g/mol. The van der Waals surface area contributed by atoms with Crippen molar-refractivity contribution in [3.8, 4) is 5.75 Å². The second-order valence-corrected chi connectivity index (χ2v) is 9.44. The third-order valence-corrected chi connectivity index (χ3v) is 7.75. The number of aryl methyl sites for hydroxylation is 1. The fraction of sp³-hybridized carbons (Fsp3) is 0.421. The molecule has 0 aliphatic carbocycles. The Morgan fingerprint density at radius 3 is 2.64 bits per heavy atom. The standard InChI is InChI=1S/C19H23ClN4O3S/c1-13-19(12-21-23(13)3)28(25,26)24-6-4-14(5-7-24)15-10-18-17(11-16(15)20)22(2)8-9-27-18/h4,10-12H,5-9H2,1-3H3. The summed E-state index contributed by atoms with van der Waals surface area (Å²) in [6.45, 7) is 3.93. The summed E-state index contributed by atoms with van der Waals surface area (Å²) in [5.41, 5.74) is 3.56. The lowest BCUT2D eigenvalue weighted by molar-refractivity contribution is 0.311. The summed E-state index contributed by atoms with van der Waals surface area (Å²) < 4.78 is 34.7. The van der Waals surface area contributed by atoms with Gasteiger partial charge in [0.1, 0.15) is 17.3 Å². The highest BCUT2D eigenvalue weighted by Gasteiger charge is 2.30. The largest absolute Gasteiger partial charge is 0.490 e. The summed E-state index contributed by atoms with van der Waals surface area (Å²) in [6.07, 6.45) is 3.94. The summed E-state index contributed by atoms with van der Waals surface area (Å²) in [7, 11) is 0.182. The van der Waals surface area contributed by atoms with E-state index in [1.165, 1.54) is 10.5 Å². The van der Waals surface area contributed by atoms with Gasteiger partial charge < -0.3 is 9.64 Å². The molecule has 0 radical (unpaired) electrons. The molecule has 7 nitrogen and oxygen atoms in total. The van der Waals surface area contributed by atoms with Crippen LogP contribution in [0.1, 0.15) is 17.7 Å². The fourth-order valence-electron chi connectivity index (χ4n) is 3.60. The number of rotatable bonds is 3. The number of anilines is 1. The third-order valence-electron chi connectivity index (χ3n) is 5.47. The van der Waals surface area contributed by atoms with Crippen molar-refractivity contribution in [2.75, 3.05) is 38.2 Å².